The second kappa shape index (κ2) is 14.0. The van der Waals surface area contributed by atoms with E-state index in [9.17, 15) is 0 Å². The van der Waals surface area contributed by atoms with Crippen molar-refractivity contribution >= 4 is 347 Å². The summed E-state index contributed by atoms with van der Waals surface area (Å²) in [5.74, 6) is 0. The van der Waals surface area contributed by atoms with Crippen LogP contribution in [-0.2, 0) is 0 Å². The van der Waals surface area contributed by atoms with Gasteiger partial charge in [0, 0.05) is 10.8 Å². The summed E-state index contributed by atoms with van der Waals surface area (Å²) in [6.45, 7) is 0. The van der Waals surface area contributed by atoms with Crippen LogP contribution in [0.25, 0.3) is 76.5 Å². The quantitative estimate of drug-likeness (QED) is 0.128. The van der Waals surface area contributed by atoms with E-state index in [0.29, 0.717) is 0 Å². The lowest BCUT2D eigenvalue weighted by atomic mass is 9.56. The maximum atomic E-state index is 7.35. The predicted octanol–water partition coefficient (Wildman–Crippen LogP) is -27.9. The van der Waals surface area contributed by atoms with Crippen molar-refractivity contribution < 1.29 is 4.42 Å². The van der Waals surface area contributed by atoms with E-state index in [2.05, 4.69) is 173 Å². The molecule has 0 N–H and O–H groups in total. The Hall–Kier alpha value is -3.45. The van der Waals surface area contributed by atoms with Crippen molar-refractivity contribution in [2.45, 2.75) is 0 Å². The lowest BCUT2D eigenvalue weighted by molar-refractivity contribution is 0.675. The number of furan rings is 1. The van der Waals surface area contributed by atoms with E-state index in [1.54, 1.807) is 0 Å². The van der Waals surface area contributed by atoms with E-state index in [4.69, 9.17) is 4.42 Å². The SMILES string of the molecule is Bc1c(B)c(B)c(-c2c3c(B)c(B)c(B)c(B)c3c(-c3c(B)c(B)c(B)c4oc5c(B)c6c(B)c(B)c(B)c(B)c6c(B)c5c34)c3c(B)c(B)c(B)c(B)c23)c(B)c1B. The van der Waals surface area contributed by atoms with Crippen molar-refractivity contribution in [2.75, 3.05) is 0 Å². The third-order valence-corrected chi connectivity index (χ3v) is 17.0. The van der Waals surface area contributed by atoms with Crippen LogP contribution >= 0.6 is 0 Å². The van der Waals surface area contributed by atoms with Crippen LogP contribution in [0, 0.1) is 0 Å². The summed E-state index contributed by atoms with van der Waals surface area (Å²) in [5, 5.41) is 10.9. The third kappa shape index (κ3) is 5.30. The first-order valence-corrected chi connectivity index (χ1v) is 21.9. The number of hydrogen-bond donors (Lipinski definition) is 0. The molecule has 59 heavy (non-hydrogen) atoms. The van der Waals surface area contributed by atoms with E-state index in [1.807, 2.05) is 0 Å². The monoisotopic (exact) mass is 735 g/mol. The molecule has 1 heterocycles. The van der Waals surface area contributed by atoms with Crippen LogP contribution in [-0.4, -0.2) is 173 Å². The van der Waals surface area contributed by atoms with Crippen LogP contribution < -0.4 is 120 Å². The van der Waals surface area contributed by atoms with Crippen molar-refractivity contribution in [1.82, 2.24) is 0 Å². The molecule has 8 rings (SSSR count). The van der Waals surface area contributed by atoms with Crippen molar-refractivity contribution in [3.05, 3.63) is 0 Å². The Kier molecular flexibility index (Phi) is 10.1. The van der Waals surface area contributed by atoms with Crippen LogP contribution in [0.3, 0.4) is 0 Å². The van der Waals surface area contributed by atoms with Gasteiger partial charge in [0.05, 0.1) is 0 Å². The molecule has 0 aliphatic carbocycles. The molecule has 0 aliphatic rings. The van der Waals surface area contributed by atoms with Gasteiger partial charge in [-0.25, -0.2) is 0 Å². The molecule has 0 amide bonds. The molecular weight excluding hydrogens is 686 g/mol. The van der Waals surface area contributed by atoms with Crippen molar-refractivity contribution in [2.24, 2.45) is 0 Å². The second-order valence-electron chi connectivity index (χ2n) is 19.0. The summed E-state index contributed by atoms with van der Waals surface area (Å²) in [6, 6.07) is 0. The average molecular weight is 731 g/mol. The van der Waals surface area contributed by atoms with E-state index in [-0.39, 0.29) is 0 Å². The molecule has 1 aromatic heterocycles. The topological polar surface area (TPSA) is 13.1 Å². The molecule has 8 aromatic rings. The zero-order valence-corrected chi connectivity index (χ0v) is 40.4. The van der Waals surface area contributed by atoms with Gasteiger partial charge in [-0.15, -0.1) is 49.2 Å². The highest BCUT2D eigenvalue weighted by atomic mass is 16.3. The first-order valence-electron chi connectivity index (χ1n) is 21.9. The lowest BCUT2D eigenvalue weighted by Crippen LogP contribution is -2.55. The van der Waals surface area contributed by atoms with Gasteiger partial charge in [-0.3, -0.25) is 0 Å². The molecule has 0 unspecified atom stereocenters. The fourth-order valence-electron chi connectivity index (χ4n) is 11.7. The van der Waals surface area contributed by atoms with Gasteiger partial charge < -0.3 is 4.42 Å². The van der Waals surface area contributed by atoms with Crippen molar-refractivity contribution in [3.63, 3.8) is 0 Å². The Morgan fingerprint density at radius 2 is 0.407 bits per heavy atom. The zero-order chi connectivity index (χ0) is 43.5. The fraction of sp³-hybridized carbons (Fsp3) is 0. The first kappa shape index (κ1) is 42.2. The van der Waals surface area contributed by atoms with Crippen LogP contribution in [0.4, 0.5) is 0 Å². The molecule has 0 bridgehead atoms. The van der Waals surface area contributed by atoms with Gasteiger partial charge in [-0.05, 0) is 60.0 Å². The van der Waals surface area contributed by atoms with Crippen LogP contribution in [0.15, 0.2) is 4.42 Å². The minimum atomic E-state index is 1.03. The van der Waals surface area contributed by atoms with E-state index in [1.165, 1.54) is 186 Å². The van der Waals surface area contributed by atoms with Gasteiger partial charge in [0.2, 0.25) is 0 Å². The number of hydrogen-bond acceptors (Lipinski definition) is 1. The highest BCUT2D eigenvalue weighted by molar-refractivity contribution is 6.76. The molecule has 260 valence electrons. The smallest absolute Gasteiger partial charge is 0.145 e. The molecule has 0 saturated heterocycles. The van der Waals surface area contributed by atoms with Gasteiger partial charge >= 0.3 is 0 Å². The normalized spacial score (nSPS) is 11.9. The summed E-state index contributed by atoms with van der Waals surface area (Å²) in [5.41, 5.74) is 37.7. The van der Waals surface area contributed by atoms with Gasteiger partial charge in [-0.1, -0.05) is 65.6 Å². The Labute approximate surface area is 371 Å². The van der Waals surface area contributed by atoms with Crippen molar-refractivity contribution in [1.29, 1.82) is 0 Å². The minimum absolute atomic E-state index is 1.03. The minimum Gasteiger partial charge on any atom is -0.457 e. The predicted molar refractivity (Wildman–Crippen MR) is 337 cm³/mol. The molecule has 0 radical (unpaired) electrons. The number of benzene rings is 7. The molecule has 0 saturated carbocycles. The molecule has 0 atom stereocenters. The van der Waals surface area contributed by atoms with E-state index in [0.717, 1.165) is 11.2 Å². The Morgan fingerprint density at radius 3 is 0.797 bits per heavy atom. The Bertz CT molecular complexity index is 3240. The van der Waals surface area contributed by atoms with Crippen LogP contribution in [0.1, 0.15) is 0 Å². The van der Waals surface area contributed by atoms with Gasteiger partial charge in [-0.2, -0.15) is 0 Å². The summed E-state index contributed by atoms with van der Waals surface area (Å²) < 4.78 is 7.35. The fourth-order valence-corrected chi connectivity index (χ4v) is 11.7. The molecular formula is C36H44B22O. The summed E-state index contributed by atoms with van der Waals surface area (Å²) in [4.78, 5) is 0. The molecule has 0 aliphatic heterocycles. The second-order valence-corrected chi connectivity index (χ2v) is 19.0. The molecule has 1 nitrogen and oxygen atoms in total. The average Bonchev–Trinajstić information content (AvgIpc) is 3.61. The molecule has 0 spiro atoms. The maximum Gasteiger partial charge on any atom is 0.145 e. The molecule has 0 fully saturated rings. The Balaban J connectivity index is 1.81. The number of fused-ring (bicyclic) bond motifs is 6. The van der Waals surface area contributed by atoms with Gasteiger partial charge in [0.25, 0.3) is 0 Å². The third-order valence-electron chi connectivity index (χ3n) is 17.0. The van der Waals surface area contributed by atoms with Crippen LogP contribution in [0.5, 0.6) is 0 Å². The molecule has 23 heteroatoms. The van der Waals surface area contributed by atoms with Crippen molar-refractivity contribution in [3.8, 4) is 22.3 Å². The Morgan fingerprint density at radius 1 is 0.153 bits per heavy atom. The van der Waals surface area contributed by atoms with Crippen LogP contribution in [0.2, 0.25) is 0 Å². The standard InChI is InChI=1S/C36H44B22O/c37-13-10-11(22(46)29(53)28(52)21(10)45)23(47)36-12(13)8-7(18(42)32(56)34(58)35(8)59-36)1-3-5(16(40)26(50)24(48)14(3)38)2(6-4(1)15(39)25(49)27(51)17(6)41)9-19(43)30(54)33(57)31(55)20(9)44/h37-58H2. The largest absolute Gasteiger partial charge is 0.457 e. The highest BCUT2D eigenvalue weighted by Crippen LogP contribution is 2.42. The summed E-state index contributed by atoms with van der Waals surface area (Å²) in [6.07, 6.45) is 0. The zero-order valence-electron chi connectivity index (χ0n) is 40.4. The first-order chi connectivity index (χ1) is 27.5. The number of rotatable bonds is 2. The van der Waals surface area contributed by atoms with E-state index >= 15 is 0 Å². The van der Waals surface area contributed by atoms with Gasteiger partial charge in [0.15, 0.2) is 0 Å². The van der Waals surface area contributed by atoms with Gasteiger partial charge in [0.1, 0.15) is 184 Å². The highest BCUT2D eigenvalue weighted by Gasteiger charge is 2.31. The summed E-state index contributed by atoms with van der Waals surface area (Å²) >= 11 is 0. The van der Waals surface area contributed by atoms with E-state index < -0.39 is 0 Å². The maximum absolute atomic E-state index is 7.35. The summed E-state index contributed by atoms with van der Waals surface area (Å²) in [7, 11) is 51.6. The molecule has 7 aromatic carbocycles. The lowest BCUT2D eigenvalue weighted by Gasteiger charge is -2.31.